The monoisotopic (exact) mass is 120 g/mol. The molecule has 0 radical (unpaired) electrons. The molecule has 0 heterocycles. The topological polar surface area (TPSA) is 46.1 Å². The van der Waals surface area contributed by atoms with Crippen molar-refractivity contribution in [3.63, 3.8) is 0 Å². The molecule has 7 heavy (non-hydrogen) atoms. The summed E-state index contributed by atoms with van der Waals surface area (Å²) in [5.74, 6) is 0. The van der Waals surface area contributed by atoms with Gasteiger partial charge in [0.1, 0.15) is 0 Å². The van der Waals surface area contributed by atoms with Gasteiger partial charge in [-0.05, 0) is 0 Å². The van der Waals surface area contributed by atoms with Crippen LogP contribution in [0.25, 0.3) is 0 Å². The summed E-state index contributed by atoms with van der Waals surface area (Å²) in [6.07, 6.45) is -0.921. The van der Waals surface area contributed by atoms with Crippen molar-refractivity contribution in [3.8, 4) is 0 Å². The zero-order chi connectivity index (χ0) is 4.28. The van der Waals surface area contributed by atoms with Crippen LogP contribution in [0.3, 0.4) is 0 Å². The van der Waals surface area contributed by atoms with E-state index in [9.17, 15) is 10.2 Å². The summed E-state index contributed by atoms with van der Waals surface area (Å²) in [7, 11) is 0. The van der Waals surface area contributed by atoms with Crippen molar-refractivity contribution in [1.82, 2.24) is 0 Å². The smallest absolute Gasteiger partial charge is 0.855 e. The van der Waals surface area contributed by atoms with Crippen molar-refractivity contribution in [2.45, 2.75) is 13.0 Å². The van der Waals surface area contributed by atoms with Crippen molar-refractivity contribution in [3.05, 3.63) is 0 Å². The van der Waals surface area contributed by atoms with Gasteiger partial charge in [-0.25, -0.2) is 0 Å². The molecule has 0 aromatic carbocycles. The van der Waals surface area contributed by atoms with E-state index in [-0.39, 0.29) is 59.1 Å². The minimum atomic E-state index is -0.921. The fraction of sp³-hybridized carbons (Fsp3) is 1.00. The van der Waals surface area contributed by atoms with Crippen LogP contribution in [0.4, 0.5) is 0 Å². The Morgan fingerprint density at radius 3 is 1.57 bits per heavy atom. The Hall–Kier alpha value is 1.92. The zero-order valence-electron chi connectivity index (χ0n) is 5.10. The first-order valence-electron chi connectivity index (χ1n) is 1.51. The van der Waals surface area contributed by atoms with E-state index >= 15 is 0 Å². The van der Waals surface area contributed by atoms with Crippen molar-refractivity contribution in [2.75, 3.05) is 6.61 Å². The van der Waals surface area contributed by atoms with E-state index in [1.165, 1.54) is 6.92 Å². The van der Waals surface area contributed by atoms with Crippen LogP contribution in [0.1, 0.15) is 6.92 Å². The van der Waals surface area contributed by atoms with E-state index in [0.717, 1.165) is 0 Å². The Kier molecular flexibility index (Phi) is 24.7. The number of hydrogen-bond donors (Lipinski definition) is 0. The first kappa shape index (κ1) is 16.0. The van der Waals surface area contributed by atoms with Crippen LogP contribution >= 0.6 is 0 Å². The first-order valence-corrected chi connectivity index (χ1v) is 1.51. The molecule has 0 bridgehead atoms. The van der Waals surface area contributed by atoms with Crippen molar-refractivity contribution < 1.29 is 69.3 Å². The molecule has 0 aromatic rings. The molecule has 32 valence electrons. The quantitative estimate of drug-likeness (QED) is 0.323. The van der Waals surface area contributed by atoms with Gasteiger partial charge in [-0.15, -0.1) is 6.10 Å². The molecule has 0 aliphatic rings. The van der Waals surface area contributed by atoms with Gasteiger partial charge in [-0.3, -0.25) is 0 Å². The Balaban J connectivity index is -0.0000000800. The van der Waals surface area contributed by atoms with Crippen LogP contribution in [0.2, 0.25) is 0 Å². The molecule has 0 amide bonds. The molecule has 2 nitrogen and oxygen atoms in total. The average Bonchev–Trinajstić information content (AvgIpc) is 1.38. The molecular weight excluding hydrogens is 114 g/mol. The summed E-state index contributed by atoms with van der Waals surface area (Å²) in [6.45, 7) is 0.854. The maximum atomic E-state index is 9.58. The third-order valence-corrected chi connectivity index (χ3v) is 0.235. The summed E-state index contributed by atoms with van der Waals surface area (Å²) < 4.78 is 0. The summed E-state index contributed by atoms with van der Waals surface area (Å²) >= 11 is 0. The van der Waals surface area contributed by atoms with Gasteiger partial charge in [-0.2, -0.15) is 6.61 Å². The molecule has 0 aromatic heterocycles. The van der Waals surface area contributed by atoms with Gasteiger partial charge in [0.05, 0.1) is 0 Å². The SMILES string of the molecule is CC([O-])C[O-].[Na+].[Na+]. The summed E-state index contributed by atoms with van der Waals surface area (Å²) in [5.41, 5.74) is 0. The van der Waals surface area contributed by atoms with Crippen LogP contribution in [-0.2, 0) is 0 Å². The second-order valence-corrected chi connectivity index (χ2v) is 0.977. The molecule has 0 aliphatic heterocycles. The molecule has 4 heteroatoms. The van der Waals surface area contributed by atoms with Gasteiger partial charge in [0.15, 0.2) is 0 Å². The molecule has 0 fully saturated rings. The molecule has 0 spiro atoms. The van der Waals surface area contributed by atoms with Crippen molar-refractivity contribution in [1.29, 1.82) is 0 Å². The van der Waals surface area contributed by atoms with Crippen LogP contribution in [0.5, 0.6) is 0 Å². The molecule has 0 rings (SSSR count). The second-order valence-electron chi connectivity index (χ2n) is 0.977. The minimum absolute atomic E-state index is 0. The summed E-state index contributed by atoms with van der Waals surface area (Å²) in [6, 6.07) is 0. The van der Waals surface area contributed by atoms with E-state index in [2.05, 4.69) is 0 Å². The average molecular weight is 120 g/mol. The van der Waals surface area contributed by atoms with E-state index in [0.29, 0.717) is 0 Å². The molecule has 0 saturated heterocycles. The van der Waals surface area contributed by atoms with E-state index < -0.39 is 12.7 Å². The molecule has 0 aliphatic carbocycles. The van der Waals surface area contributed by atoms with E-state index in [1.54, 1.807) is 0 Å². The Morgan fingerprint density at radius 2 is 1.57 bits per heavy atom. The van der Waals surface area contributed by atoms with E-state index in [4.69, 9.17) is 0 Å². The Morgan fingerprint density at radius 1 is 1.43 bits per heavy atom. The minimum Gasteiger partial charge on any atom is -0.855 e. The fourth-order valence-corrected chi connectivity index (χ4v) is 0. The van der Waals surface area contributed by atoms with Gasteiger partial charge < -0.3 is 10.2 Å². The van der Waals surface area contributed by atoms with Crippen LogP contribution < -0.4 is 69.3 Å². The standard InChI is InChI=1S/C3H6O2.2Na/c1-3(5)2-4;;/h3H,2H2,1H3;;/q-2;2*+1. The predicted molar refractivity (Wildman–Crippen MR) is 14.3 cm³/mol. The Labute approximate surface area is 87.9 Å². The van der Waals surface area contributed by atoms with Crippen LogP contribution in [-0.4, -0.2) is 12.7 Å². The van der Waals surface area contributed by atoms with Gasteiger partial charge in [0.2, 0.25) is 0 Å². The molecule has 0 N–H and O–H groups in total. The first-order chi connectivity index (χ1) is 2.27. The van der Waals surface area contributed by atoms with Gasteiger partial charge in [0.25, 0.3) is 0 Å². The predicted octanol–water partition coefficient (Wildman–Crippen LogP) is -7.90. The fourth-order valence-electron chi connectivity index (χ4n) is 0. The third kappa shape index (κ3) is 18.1. The normalized spacial score (nSPS) is 10.7. The number of hydrogen-bond acceptors (Lipinski definition) is 2. The van der Waals surface area contributed by atoms with Gasteiger partial charge in [0, 0.05) is 0 Å². The summed E-state index contributed by atoms with van der Waals surface area (Å²) in [4.78, 5) is 0. The third-order valence-electron chi connectivity index (χ3n) is 0.235. The maximum Gasteiger partial charge on any atom is 1.00 e. The second kappa shape index (κ2) is 10.8. The molecule has 1 unspecified atom stereocenters. The van der Waals surface area contributed by atoms with E-state index in [1.807, 2.05) is 0 Å². The Bertz CT molecular complexity index is 24.9. The van der Waals surface area contributed by atoms with Crippen LogP contribution in [0, 0.1) is 0 Å². The summed E-state index contributed by atoms with van der Waals surface area (Å²) in [5, 5.41) is 18.9. The number of rotatable bonds is 1. The van der Waals surface area contributed by atoms with Gasteiger partial charge >= 0.3 is 59.1 Å². The zero-order valence-corrected chi connectivity index (χ0v) is 9.10. The molecular formula is C3H6Na2O2. The molecule has 1 atom stereocenters. The van der Waals surface area contributed by atoms with Gasteiger partial charge in [-0.1, -0.05) is 6.92 Å². The molecule has 0 saturated carbocycles. The van der Waals surface area contributed by atoms with Crippen molar-refractivity contribution in [2.24, 2.45) is 0 Å². The van der Waals surface area contributed by atoms with Crippen molar-refractivity contribution >= 4 is 0 Å². The maximum absolute atomic E-state index is 9.58. The largest absolute Gasteiger partial charge is 1.00 e. The van der Waals surface area contributed by atoms with Crippen LogP contribution in [0.15, 0.2) is 0 Å².